The first kappa shape index (κ1) is 20.6. The molecule has 5 aromatic rings. The van der Waals surface area contributed by atoms with Crippen molar-refractivity contribution in [1.29, 1.82) is 0 Å². The molecule has 3 N–H and O–H groups in total. The molecule has 0 aliphatic carbocycles. The van der Waals surface area contributed by atoms with Crippen molar-refractivity contribution in [3.8, 4) is 17.1 Å². The Labute approximate surface area is 198 Å². The van der Waals surface area contributed by atoms with Crippen LogP contribution in [0.2, 0.25) is 0 Å². The highest BCUT2D eigenvalue weighted by molar-refractivity contribution is 14.1. The highest BCUT2D eigenvalue weighted by Crippen LogP contribution is 2.37. The minimum atomic E-state index is -0.538. The number of halogens is 1. The molecule has 32 heavy (non-hydrogen) atoms. The third-order valence-electron chi connectivity index (χ3n) is 5.78. The van der Waals surface area contributed by atoms with Gasteiger partial charge in [-0.1, -0.05) is 67.6 Å². The maximum absolute atomic E-state index is 13.2. The first-order valence-corrected chi connectivity index (χ1v) is 11.4. The number of nitrogens with zero attached hydrogens (tertiary/aromatic N) is 2. The number of rotatable bonds is 5. The van der Waals surface area contributed by atoms with Gasteiger partial charge in [-0.25, -0.2) is 9.78 Å². The summed E-state index contributed by atoms with van der Waals surface area (Å²) >= 11 is 2.26. The first-order valence-electron chi connectivity index (χ1n) is 10.3. The molecular weight excluding hydrogens is 515 g/mol. The molecule has 6 nitrogen and oxygen atoms in total. The number of aromatic hydroxyl groups is 1. The molecule has 0 saturated heterocycles. The van der Waals surface area contributed by atoms with Crippen molar-refractivity contribution >= 4 is 33.6 Å². The molecule has 0 amide bonds. The normalized spacial score (nSPS) is 13.3. The second-order valence-corrected chi connectivity index (χ2v) is 9.04. The van der Waals surface area contributed by atoms with Crippen LogP contribution in [0.3, 0.4) is 0 Å². The zero-order valence-corrected chi connectivity index (χ0v) is 19.4. The fourth-order valence-corrected chi connectivity index (χ4v) is 4.66. The Kier molecular flexibility index (Phi) is 5.34. The predicted octanol–water partition coefficient (Wildman–Crippen LogP) is 5.42. The lowest BCUT2D eigenvalue weighted by Crippen LogP contribution is -2.27. The number of benzene rings is 3. The van der Waals surface area contributed by atoms with E-state index < -0.39 is 6.04 Å². The van der Waals surface area contributed by atoms with Gasteiger partial charge in [0.2, 0.25) is 5.88 Å². The van der Waals surface area contributed by atoms with E-state index in [0.29, 0.717) is 11.5 Å². The second-order valence-electron chi connectivity index (χ2n) is 7.79. The van der Waals surface area contributed by atoms with Gasteiger partial charge in [0, 0.05) is 15.1 Å². The molecule has 0 aliphatic rings. The summed E-state index contributed by atoms with van der Waals surface area (Å²) in [5.41, 5.74) is 3.50. The minimum Gasteiger partial charge on any atom is -0.493 e. The van der Waals surface area contributed by atoms with Crippen LogP contribution in [0.25, 0.3) is 22.3 Å². The fraction of sp³-hybridized carbons (Fsp3) is 0.120. The van der Waals surface area contributed by atoms with Crippen LogP contribution < -0.4 is 5.69 Å². The first-order chi connectivity index (χ1) is 15.5. The van der Waals surface area contributed by atoms with Crippen molar-refractivity contribution in [2.75, 3.05) is 0 Å². The SMILES string of the molecule is C[C@@H](c1ccccc1)[C@@H](c1nc2ccc(I)cc2[nH]1)n1c(O)c(-c2ccccc2)[nH]c1=O. The van der Waals surface area contributed by atoms with Gasteiger partial charge >= 0.3 is 5.69 Å². The third-order valence-corrected chi connectivity index (χ3v) is 6.46. The molecule has 0 bridgehead atoms. The Balaban J connectivity index is 1.72. The highest BCUT2D eigenvalue weighted by atomic mass is 127. The summed E-state index contributed by atoms with van der Waals surface area (Å²) in [6.45, 7) is 2.04. The van der Waals surface area contributed by atoms with Crippen molar-refractivity contribution < 1.29 is 5.11 Å². The van der Waals surface area contributed by atoms with Crippen LogP contribution >= 0.6 is 22.6 Å². The Bertz CT molecular complexity index is 1440. The third kappa shape index (κ3) is 3.62. The predicted molar refractivity (Wildman–Crippen MR) is 134 cm³/mol. The number of nitrogens with one attached hydrogen (secondary N) is 2. The van der Waals surface area contributed by atoms with Gasteiger partial charge in [0.05, 0.1) is 11.0 Å². The van der Waals surface area contributed by atoms with Gasteiger partial charge in [-0.2, -0.15) is 0 Å². The quantitative estimate of drug-likeness (QED) is 0.262. The summed E-state index contributed by atoms with van der Waals surface area (Å²) in [6, 6.07) is 24.7. The largest absolute Gasteiger partial charge is 0.493 e. The van der Waals surface area contributed by atoms with Gasteiger partial charge in [0.25, 0.3) is 0 Å². The van der Waals surface area contributed by atoms with Gasteiger partial charge in [-0.05, 0) is 46.4 Å². The van der Waals surface area contributed by atoms with Gasteiger partial charge in [-0.15, -0.1) is 0 Å². The molecule has 0 unspecified atom stereocenters. The molecule has 0 radical (unpaired) electrons. The van der Waals surface area contributed by atoms with E-state index in [0.717, 1.165) is 25.7 Å². The lowest BCUT2D eigenvalue weighted by molar-refractivity contribution is 0.370. The van der Waals surface area contributed by atoms with Crippen LogP contribution in [-0.4, -0.2) is 24.6 Å². The van der Waals surface area contributed by atoms with Crippen LogP contribution in [-0.2, 0) is 0 Å². The van der Waals surface area contributed by atoms with Gasteiger partial charge in [-0.3, -0.25) is 4.57 Å². The number of hydrogen-bond donors (Lipinski definition) is 3. The Morgan fingerprint density at radius 2 is 1.66 bits per heavy atom. The number of aromatic nitrogens is 4. The topological polar surface area (TPSA) is 86.7 Å². The Morgan fingerprint density at radius 1 is 0.969 bits per heavy atom. The lowest BCUT2D eigenvalue weighted by atomic mass is 9.92. The number of fused-ring (bicyclic) bond motifs is 1. The van der Waals surface area contributed by atoms with Gasteiger partial charge in [0.15, 0.2) is 0 Å². The van der Waals surface area contributed by atoms with Gasteiger partial charge in [0.1, 0.15) is 17.6 Å². The Morgan fingerprint density at radius 3 is 2.38 bits per heavy atom. The van der Waals surface area contributed by atoms with Crippen molar-refractivity contribution in [3.63, 3.8) is 0 Å². The number of imidazole rings is 2. The van der Waals surface area contributed by atoms with Gasteiger partial charge < -0.3 is 15.1 Å². The van der Waals surface area contributed by atoms with Crippen molar-refractivity contribution in [3.05, 3.63) is 104 Å². The van der Waals surface area contributed by atoms with E-state index in [1.54, 1.807) is 0 Å². The van der Waals surface area contributed by atoms with E-state index in [4.69, 9.17) is 4.98 Å². The molecule has 3 aromatic carbocycles. The molecule has 7 heteroatoms. The highest BCUT2D eigenvalue weighted by Gasteiger charge is 2.31. The summed E-state index contributed by atoms with van der Waals surface area (Å²) in [5, 5.41) is 11.2. The van der Waals surface area contributed by atoms with E-state index in [2.05, 4.69) is 32.6 Å². The van der Waals surface area contributed by atoms with Crippen LogP contribution in [0.15, 0.2) is 83.7 Å². The van der Waals surface area contributed by atoms with E-state index in [1.165, 1.54) is 4.57 Å². The molecule has 0 saturated carbocycles. The van der Waals surface area contributed by atoms with Crippen molar-refractivity contribution in [1.82, 2.24) is 19.5 Å². The summed E-state index contributed by atoms with van der Waals surface area (Å²) in [5.74, 6) is 0.372. The maximum Gasteiger partial charge on any atom is 0.329 e. The smallest absolute Gasteiger partial charge is 0.329 e. The standard InChI is InChI=1S/C25H21IN4O2/c1-15(16-8-4-2-5-9-16)22(23-27-19-13-12-18(26)14-20(19)28-23)30-24(31)21(29-25(30)32)17-10-6-3-7-11-17/h2-15,22,31H,1H3,(H,27,28)(H,29,32)/t15-,22-/m0/s1. The zero-order chi connectivity index (χ0) is 22.2. The van der Waals surface area contributed by atoms with E-state index in [-0.39, 0.29) is 17.5 Å². The number of H-pyrrole nitrogens is 2. The van der Waals surface area contributed by atoms with Crippen LogP contribution in [0.1, 0.15) is 30.3 Å². The van der Waals surface area contributed by atoms with Crippen LogP contribution in [0.5, 0.6) is 5.88 Å². The molecule has 0 fully saturated rings. The van der Waals surface area contributed by atoms with Crippen molar-refractivity contribution in [2.45, 2.75) is 18.9 Å². The molecule has 2 atom stereocenters. The number of hydrogen-bond acceptors (Lipinski definition) is 3. The Hall–Kier alpha value is -3.33. The zero-order valence-electron chi connectivity index (χ0n) is 17.3. The molecule has 2 heterocycles. The summed E-state index contributed by atoms with van der Waals surface area (Å²) in [6.07, 6.45) is 0. The molecule has 2 aromatic heterocycles. The molecule has 0 aliphatic heterocycles. The summed E-state index contributed by atoms with van der Waals surface area (Å²) in [4.78, 5) is 24.2. The second kappa shape index (κ2) is 8.31. The van der Waals surface area contributed by atoms with Crippen LogP contribution in [0, 0.1) is 3.57 Å². The average molecular weight is 536 g/mol. The minimum absolute atomic E-state index is 0.107. The summed E-state index contributed by atoms with van der Waals surface area (Å²) < 4.78 is 2.49. The summed E-state index contributed by atoms with van der Waals surface area (Å²) in [7, 11) is 0. The van der Waals surface area contributed by atoms with Crippen molar-refractivity contribution in [2.24, 2.45) is 0 Å². The fourth-order valence-electron chi connectivity index (χ4n) is 4.17. The van der Waals surface area contributed by atoms with Crippen LogP contribution in [0.4, 0.5) is 0 Å². The van der Waals surface area contributed by atoms with E-state index in [1.807, 2.05) is 85.8 Å². The molecule has 5 rings (SSSR count). The maximum atomic E-state index is 13.2. The average Bonchev–Trinajstić information content (AvgIpc) is 3.36. The van der Waals surface area contributed by atoms with E-state index in [9.17, 15) is 9.90 Å². The lowest BCUT2D eigenvalue weighted by Gasteiger charge is -2.24. The number of aromatic amines is 2. The van der Waals surface area contributed by atoms with E-state index >= 15 is 0 Å². The molecule has 160 valence electrons. The molecule has 0 spiro atoms. The monoisotopic (exact) mass is 536 g/mol. The molecular formula is C25H21IN4O2.